The molecule has 4 N–H and O–H groups in total. The van der Waals surface area contributed by atoms with Crippen LogP contribution in [0.5, 0.6) is 5.75 Å². The molecule has 1 aliphatic carbocycles. The van der Waals surface area contributed by atoms with Crippen LogP contribution in [0, 0.1) is 11.6 Å². The molecule has 174 valence electrons. The number of halogens is 3. The number of hydrogen-bond donors (Lipinski definition) is 3. The Morgan fingerprint density at radius 2 is 2.03 bits per heavy atom. The summed E-state index contributed by atoms with van der Waals surface area (Å²) in [6, 6.07) is 2.37. The number of nitrogens with zero attached hydrogens (tertiary/aromatic N) is 4. The van der Waals surface area contributed by atoms with Gasteiger partial charge in [0.25, 0.3) is 0 Å². The molecule has 32 heavy (non-hydrogen) atoms. The fourth-order valence-electron chi connectivity index (χ4n) is 3.33. The van der Waals surface area contributed by atoms with Crippen LogP contribution in [0.25, 0.3) is 17.0 Å². The highest BCUT2D eigenvalue weighted by atomic mass is 19.1. The van der Waals surface area contributed by atoms with Crippen molar-refractivity contribution < 1.29 is 23.0 Å². The largest absolute Gasteiger partial charge is 0.495 e. The van der Waals surface area contributed by atoms with Crippen molar-refractivity contribution in [3.8, 4) is 17.1 Å². The third-order valence-electron chi connectivity index (χ3n) is 5.20. The maximum atomic E-state index is 14.2. The van der Waals surface area contributed by atoms with Crippen LogP contribution in [0.15, 0.2) is 18.3 Å². The molecule has 3 heterocycles. The van der Waals surface area contributed by atoms with Gasteiger partial charge in [-0.3, -0.25) is 0 Å². The van der Waals surface area contributed by atoms with E-state index in [9.17, 15) is 18.3 Å². The number of pyridine rings is 1. The summed E-state index contributed by atoms with van der Waals surface area (Å²) in [7, 11) is 3.35. The van der Waals surface area contributed by atoms with Crippen molar-refractivity contribution in [1.29, 1.82) is 0 Å². The topological polar surface area (TPSA) is 111 Å². The minimum absolute atomic E-state index is 0.0423. The van der Waals surface area contributed by atoms with E-state index in [-0.39, 0.29) is 23.4 Å². The molecule has 0 radical (unpaired) electrons. The van der Waals surface area contributed by atoms with Gasteiger partial charge in [0.15, 0.2) is 23.1 Å². The molecular formula is C21H27F3N6O2. The van der Waals surface area contributed by atoms with Gasteiger partial charge < -0.3 is 20.9 Å². The fraction of sp³-hybridized carbons (Fsp3) is 0.476. The second-order valence-electron chi connectivity index (χ2n) is 7.69. The molecular weight excluding hydrogens is 425 g/mol. The average molecular weight is 452 g/mol. The molecule has 0 spiro atoms. The van der Waals surface area contributed by atoms with E-state index in [2.05, 4.69) is 20.4 Å². The Morgan fingerprint density at radius 1 is 1.31 bits per heavy atom. The van der Waals surface area contributed by atoms with Gasteiger partial charge in [-0.1, -0.05) is 0 Å². The summed E-state index contributed by atoms with van der Waals surface area (Å²) in [6.45, 7) is 2.34. The molecule has 0 aromatic carbocycles. The third-order valence-corrected chi connectivity index (χ3v) is 5.20. The highest BCUT2D eigenvalue weighted by Gasteiger charge is 2.33. The number of aliphatic hydroxyl groups is 1. The Hall–Kier alpha value is -2.92. The summed E-state index contributed by atoms with van der Waals surface area (Å²) in [5, 5.41) is 16.9. The van der Waals surface area contributed by atoms with Crippen LogP contribution < -0.4 is 15.8 Å². The van der Waals surface area contributed by atoms with Gasteiger partial charge in [-0.2, -0.15) is 5.10 Å². The number of hydrogen-bond acceptors (Lipinski definition) is 7. The zero-order valence-corrected chi connectivity index (χ0v) is 18.1. The van der Waals surface area contributed by atoms with Crippen molar-refractivity contribution >= 4 is 11.5 Å². The van der Waals surface area contributed by atoms with Crippen LogP contribution >= 0.6 is 0 Å². The zero-order chi connectivity index (χ0) is 23.4. The molecule has 0 amide bonds. The van der Waals surface area contributed by atoms with E-state index < -0.39 is 23.6 Å². The lowest BCUT2D eigenvalue weighted by Gasteiger charge is -2.31. The molecule has 4 rings (SSSR count). The highest BCUT2D eigenvalue weighted by Crippen LogP contribution is 2.40. The molecule has 1 aliphatic rings. The summed E-state index contributed by atoms with van der Waals surface area (Å²) in [5.74, 6) is -1.59. The summed E-state index contributed by atoms with van der Waals surface area (Å²) in [6.07, 6.45) is 2.16. The van der Waals surface area contributed by atoms with E-state index in [1.165, 1.54) is 17.8 Å². The minimum atomic E-state index is -0.922. The number of nitrogen functional groups attached to an aromatic ring is 1. The number of alkyl halides is 1. The zero-order valence-electron chi connectivity index (χ0n) is 18.1. The SMILES string of the molecule is CNCCC(C)F.COc1cc2ncc(-c3nc(N)c(F)cc3F)n2nc1C1CC(O)C1. The van der Waals surface area contributed by atoms with E-state index in [0.717, 1.165) is 6.54 Å². The summed E-state index contributed by atoms with van der Waals surface area (Å²) >= 11 is 0. The number of methoxy groups -OCH3 is 1. The van der Waals surface area contributed by atoms with Crippen LogP contribution in [0.2, 0.25) is 0 Å². The van der Waals surface area contributed by atoms with E-state index in [4.69, 9.17) is 10.5 Å². The molecule has 8 nitrogen and oxygen atoms in total. The number of fused-ring (bicyclic) bond motifs is 1. The quantitative estimate of drug-likeness (QED) is 0.527. The van der Waals surface area contributed by atoms with Crippen molar-refractivity contribution in [3.05, 3.63) is 35.7 Å². The molecule has 0 saturated heterocycles. The van der Waals surface area contributed by atoms with Gasteiger partial charge in [0.05, 0.1) is 25.6 Å². The van der Waals surface area contributed by atoms with Gasteiger partial charge in [-0.05, 0) is 39.8 Å². The van der Waals surface area contributed by atoms with Crippen molar-refractivity contribution in [1.82, 2.24) is 24.9 Å². The predicted molar refractivity (Wildman–Crippen MR) is 114 cm³/mol. The fourth-order valence-corrected chi connectivity index (χ4v) is 3.33. The van der Waals surface area contributed by atoms with Crippen molar-refractivity contribution in [2.75, 3.05) is 26.4 Å². The van der Waals surface area contributed by atoms with Gasteiger partial charge >= 0.3 is 0 Å². The number of nitrogens with two attached hydrogens (primary N) is 1. The smallest absolute Gasteiger partial charge is 0.168 e. The second kappa shape index (κ2) is 10.1. The van der Waals surface area contributed by atoms with Crippen LogP contribution in [0.1, 0.15) is 37.8 Å². The Bertz CT molecular complexity index is 1070. The molecule has 0 aliphatic heterocycles. The maximum Gasteiger partial charge on any atom is 0.168 e. The van der Waals surface area contributed by atoms with Crippen LogP contribution in [0.4, 0.5) is 19.0 Å². The lowest BCUT2D eigenvalue weighted by molar-refractivity contribution is 0.0718. The van der Waals surface area contributed by atoms with Gasteiger partial charge in [0.2, 0.25) is 0 Å². The molecule has 0 bridgehead atoms. The molecule has 1 fully saturated rings. The number of anilines is 1. The Balaban J connectivity index is 0.000000360. The second-order valence-corrected chi connectivity index (χ2v) is 7.69. The first-order valence-electron chi connectivity index (χ1n) is 10.3. The number of imidazole rings is 1. The van der Waals surface area contributed by atoms with E-state index in [1.807, 2.05) is 7.05 Å². The first kappa shape index (κ1) is 23.7. The Kier molecular flexibility index (Phi) is 7.52. The van der Waals surface area contributed by atoms with Crippen molar-refractivity contribution in [2.45, 2.75) is 44.4 Å². The molecule has 11 heteroatoms. The first-order chi connectivity index (χ1) is 15.2. The molecule has 1 atom stereocenters. The standard InChI is InChI=1S/C16H15F2N5O2.C5H12FN/c1-25-12-5-13-20-6-11(15-9(17)4-10(18)16(19)21-15)23(13)22-14(12)7-2-8(24)3-7;1-5(6)3-4-7-2/h4-8,24H,2-3H2,1H3,(H2,19,21);5,7H,3-4H2,1-2H3. The van der Waals surface area contributed by atoms with Gasteiger partial charge in [0, 0.05) is 18.1 Å². The normalized spacial score (nSPS) is 18.6. The number of nitrogens with one attached hydrogen (secondary N) is 1. The predicted octanol–water partition coefficient (Wildman–Crippen LogP) is 2.85. The first-order valence-corrected chi connectivity index (χ1v) is 10.3. The van der Waals surface area contributed by atoms with Crippen molar-refractivity contribution in [2.24, 2.45) is 0 Å². The Labute approximate surface area is 183 Å². The lowest BCUT2D eigenvalue weighted by atomic mass is 9.80. The van der Waals surface area contributed by atoms with Crippen LogP contribution in [-0.4, -0.2) is 57.7 Å². The third kappa shape index (κ3) is 5.10. The van der Waals surface area contributed by atoms with Crippen LogP contribution in [-0.2, 0) is 0 Å². The molecule has 3 aromatic rings. The van der Waals surface area contributed by atoms with E-state index in [0.29, 0.717) is 42.4 Å². The average Bonchev–Trinajstić information content (AvgIpc) is 3.14. The number of ether oxygens (including phenoxy) is 1. The minimum Gasteiger partial charge on any atom is -0.495 e. The van der Waals surface area contributed by atoms with Crippen molar-refractivity contribution in [3.63, 3.8) is 0 Å². The van der Waals surface area contributed by atoms with E-state index in [1.54, 1.807) is 13.0 Å². The van der Waals surface area contributed by atoms with E-state index >= 15 is 0 Å². The number of rotatable bonds is 6. The van der Waals surface area contributed by atoms with Gasteiger partial charge in [-0.15, -0.1) is 0 Å². The highest BCUT2D eigenvalue weighted by molar-refractivity contribution is 5.62. The summed E-state index contributed by atoms with van der Waals surface area (Å²) in [5.41, 5.74) is 6.65. The van der Waals surface area contributed by atoms with Gasteiger partial charge in [0.1, 0.15) is 22.8 Å². The number of aromatic nitrogens is 4. The molecule has 1 saturated carbocycles. The van der Waals surface area contributed by atoms with Crippen LogP contribution in [0.3, 0.4) is 0 Å². The Morgan fingerprint density at radius 3 is 2.59 bits per heavy atom. The maximum absolute atomic E-state index is 14.2. The summed E-state index contributed by atoms with van der Waals surface area (Å²) < 4.78 is 46.2. The lowest BCUT2D eigenvalue weighted by Crippen LogP contribution is -2.28. The monoisotopic (exact) mass is 452 g/mol. The summed E-state index contributed by atoms with van der Waals surface area (Å²) in [4.78, 5) is 7.97. The molecule has 3 aromatic heterocycles. The van der Waals surface area contributed by atoms with Gasteiger partial charge in [-0.25, -0.2) is 27.7 Å². The molecule has 1 unspecified atom stereocenters. The number of aliphatic hydroxyl groups excluding tert-OH is 1.